The van der Waals surface area contributed by atoms with Gasteiger partial charge < -0.3 is 10.2 Å². The van der Waals surface area contributed by atoms with Crippen molar-refractivity contribution in [3.63, 3.8) is 0 Å². The molecule has 3 heteroatoms. The molecular formula is C17H25N3. The fourth-order valence-electron chi connectivity index (χ4n) is 2.21. The molecule has 0 aliphatic carbocycles. The van der Waals surface area contributed by atoms with Gasteiger partial charge in [-0.3, -0.25) is 4.98 Å². The standard InChI is InChI=1S/C17H25N3/c1-7-18-15-11-16(17(2,3)4)19-14-9-8-12(20(5)6)10-13(14)15/h8-11H,7H2,1-6H3,(H,18,19). The number of rotatable bonds is 3. The zero-order valence-corrected chi connectivity index (χ0v) is 13.4. The lowest BCUT2D eigenvalue weighted by Crippen LogP contribution is -2.15. The van der Waals surface area contributed by atoms with Gasteiger partial charge in [0.2, 0.25) is 0 Å². The van der Waals surface area contributed by atoms with Crippen LogP contribution < -0.4 is 10.2 Å². The van der Waals surface area contributed by atoms with Gasteiger partial charge in [0.25, 0.3) is 0 Å². The van der Waals surface area contributed by atoms with Gasteiger partial charge in [-0.1, -0.05) is 20.8 Å². The number of nitrogens with zero attached hydrogens (tertiary/aromatic N) is 2. The molecule has 0 amide bonds. The highest BCUT2D eigenvalue weighted by Gasteiger charge is 2.18. The average molecular weight is 271 g/mol. The van der Waals surface area contributed by atoms with Crippen LogP contribution in [0.3, 0.4) is 0 Å². The number of hydrogen-bond acceptors (Lipinski definition) is 3. The maximum atomic E-state index is 4.83. The summed E-state index contributed by atoms with van der Waals surface area (Å²) in [4.78, 5) is 6.95. The second-order valence-electron chi connectivity index (χ2n) is 6.43. The van der Waals surface area contributed by atoms with Gasteiger partial charge in [0.15, 0.2) is 0 Å². The highest BCUT2D eigenvalue weighted by atomic mass is 15.1. The lowest BCUT2D eigenvalue weighted by atomic mass is 9.90. The lowest BCUT2D eigenvalue weighted by molar-refractivity contribution is 0.572. The molecule has 0 fully saturated rings. The van der Waals surface area contributed by atoms with Crippen LogP contribution in [0.2, 0.25) is 0 Å². The summed E-state index contributed by atoms with van der Waals surface area (Å²) < 4.78 is 0. The third-order valence-corrected chi connectivity index (χ3v) is 3.44. The number of aromatic nitrogens is 1. The Hall–Kier alpha value is -1.77. The van der Waals surface area contributed by atoms with Crippen molar-refractivity contribution in [3.8, 4) is 0 Å². The molecule has 0 spiro atoms. The van der Waals surface area contributed by atoms with Crippen molar-refractivity contribution < 1.29 is 0 Å². The van der Waals surface area contributed by atoms with Crippen LogP contribution in [0, 0.1) is 0 Å². The maximum Gasteiger partial charge on any atom is 0.0727 e. The van der Waals surface area contributed by atoms with E-state index in [1.807, 2.05) is 0 Å². The Morgan fingerprint density at radius 3 is 2.40 bits per heavy atom. The molecule has 1 heterocycles. The smallest absolute Gasteiger partial charge is 0.0727 e. The summed E-state index contributed by atoms with van der Waals surface area (Å²) in [5.41, 5.74) is 4.60. The van der Waals surface area contributed by atoms with Crippen molar-refractivity contribution in [1.82, 2.24) is 4.98 Å². The highest BCUT2D eigenvalue weighted by molar-refractivity contribution is 5.94. The average Bonchev–Trinajstić information content (AvgIpc) is 2.37. The van der Waals surface area contributed by atoms with Gasteiger partial charge in [-0.05, 0) is 31.2 Å². The van der Waals surface area contributed by atoms with Crippen LogP contribution in [0.4, 0.5) is 11.4 Å². The first-order chi connectivity index (χ1) is 9.32. The molecule has 1 aromatic heterocycles. The van der Waals surface area contributed by atoms with Crippen LogP contribution in [-0.4, -0.2) is 25.6 Å². The summed E-state index contributed by atoms with van der Waals surface area (Å²) in [7, 11) is 4.12. The molecule has 1 N–H and O–H groups in total. The lowest BCUT2D eigenvalue weighted by Gasteiger charge is -2.21. The van der Waals surface area contributed by atoms with Gasteiger partial charge >= 0.3 is 0 Å². The number of nitrogens with one attached hydrogen (secondary N) is 1. The van der Waals surface area contributed by atoms with Gasteiger partial charge in [0.05, 0.1) is 5.52 Å². The van der Waals surface area contributed by atoms with Gasteiger partial charge in [-0.25, -0.2) is 0 Å². The van der Waals surface area contributed by atoms with Crippen LogP contribution in [0.15, 0.2) is 24.3 Å². The van der Waals surface area contributed by atoms with Crippen molar-refractivity contribution in [2.75, 3.05) is 30.9 Å². The number of benzene rings is 1. The number of hydrogen-bond donors (Lipinski definition) is 1. The van der Waals surface area contributed by atoms with E-state index in [0.717, 1.165) is 17.8 Å². The molecule has 1 aromatic carbocycles. The molecular weight excluding hydrogens is 246 g/mol. The first-order valence-electron chi connectivity index (χ1n) is 7.19. The second-order valence-corrected chi connectivity index (χ2v) is 6.43. The molecule has 0 atom stereocenters. The summed E-state index contributed by atoms with van der Waals surface area (Å²) in [5.74, 6) is 0. The van der Waals surface area contributed by atoms with E-state index in [-0.39, 0.29) is 5.41 Å². The van der Waals surface area contributed by atoms with Gasteiger partial charge in [0, 0.05) is 48.5 Å². The molecule has 108 valence electrons. The van der Waals surface area contributed by atoms with E-state index in [4.69, 9.17) is 4.98 Å². The van der Waals surface area contributed by atoms with E-state index >= 15 is 0 Å². The summed E-state index contributed by atoms with van der Waals surface area (Å²) >= 11 is 0. The van der Waals surface area contributed by atoms with Crippen LogP contribution >= 0.6 is 0 Å². The maximum absolute atomic E-state index is 4.83. The Morgan fingerprint density at radius 1 is 1.15 bits per heavy atom. The first kappa shape index (κ1) is 14.6. The van der Waals surface area contributed by atoms with E-state index < -0.39 is 0 Å². The predicted octanol–water partition coefficient (Wildman–Crippen LogP) is 4.03. The summed E-state index contributed by atoms with van der Waals surface area (Å²) in [6.45, 7) is 9.63. The third kappa shape index (κ3) is 2.87. The van der Waals surface area contributed by atoms with Crippen molar-refractivity contribution in [3.05, 3.63) is 30.0 Å². The Morgan fingerprint density at radius 2 is 1.85 bits per heavy atom. The third-order valence-electron chi connectivity index (χ3n) is 3.44. The molecule has 20 heavy (non-hydrogen) atoms. The highest BCUT2D eigenvalue weighted by Crippen LogP contribution is 2.31. The van der Waals surface area contributed by atoms with E-state index in [1.54, 1.807) is 0 Å². The Balaban J connectivity index is 2.68. The minimum absolute atomic E-state index is 0.0541. The molecule has 0 aliphatic heterocycles. The van der Waals surface area contributed by atoms with Gasteiger partial charge in [-0.15, -0.1) is 0 Å². The first-order valence-corrected chi connectivity index (χ1v) is 7.19. The zero-order chi connectivity index (χ0) is 14.9. The fourth-order valence-corrected chi connectivity index (χ4v) is 2.21. The molecule has 0 radical (unpaired) electrons. The summed E-state index contributed by atoms with van der Waals surface area (Å²) in [5, 5.41) is 4.66. The van der Waals surface area contributed by atoms with Crippen molar-refractivity contribution in [1.29, 1.82) is 0 Å². The quantitative estimate of drug-likeness (QED) is 0.913. The number of pyridine rings is 1. The Kier molecular flexibility index (Phi) is 3.89. The van der Waals surface area contributed by atoms with Gasteiger partial charge in [-0.2, -0.15) is 0 Å². The van der Waals surface area contributed by atoms with Crippen LogP contribution in [0.25, 0.3) is 10.9 Å². The molecule has 3 nitrogen and oxygen atoms in total. The van der Waals surface area contributed by atoms with Crippen LogP contribution in [-0.2, 0) is 5.41 Å². The normalized spacial score (nSPS) is 11.7. The molecule has 0 saturated carbocycles. The topological polar surface area (TPSA) is 28.2 Å². The summed E-state index contributed by atoms with van der Waals surface area (Å²) in [6.07, 6.45) is 0. The zero-order valence-electron chi connectivity index (χ0n) is 13.4. The molecule has 0 unspecified atom stereocenters. The minimum atomic E-state index is 0.0541. The molecule has 2 aromatic rings. The number of fused-ring (bicyclic) bond motifs is 1. The minimum Gasteiger partial charge on any atom is -0.385 e. The molecule has 0 aliphatic rings. The molecule has 0 saturated heterocycles. The van der Waals surface area contributed by atoms with E-state index in [0.29, 0.717) is 0 Å². The van der Waals surface area contributed by atoms with Crippen LogP contribution in [0.5, 0.6) is 0 Å². The monoisotopic (exact) mass is 271 g/mol. The SMILES string of the molecule is CCNc1cc(C(C)(C)C)nc2ccc(N(C)C)cc12. The molecule has 2 rings (SSSR count). The van der Waals surface area contributed by atoms with E-state index in [1.165, 1.54) is 16.8 Å². The Labute approximate surface area is 122 Å². The van der Waals surface area contributed by atoms with Crippen molar-refractivity contribution >= 4 is 22.3 Å². The summed E-state index contributed by atoms with van der Waals surface area (Å²) in [6, 6.07) is 8.62. The van der Waals surface area contributed by atoms with Crippen molar-refractivity contribution in [2.45, 2.75) is 33.1 Å². The molecule has 0 bridgehead atoms. The van der Waals surface area contributed by atoms with Crippen molar-refractivity contribution in [2.24, 2.45) is 0 Å². The van der Waals surface area contributed by atoms with E-state index in [2.05, 4.69) is 76.3 Å². The fraction of sp³-hybridized carbons (Fsp3) is 0.471. The largest absolute Gasteiger partial charge is 0.385 e. The van der Waals surface area contributed by atoms with E-state index in [9.17, 15) is 0 Å². The van der Waals surface area contributed by atoms with Gasteiger partial charge in [0.1, 0.15) is 0 Å². The predicted molar refractivity (Wildman–Crippen MR) is 88.9 cm³/mol. The Bertz CT molecular complexity index is 609. The second kappa shape index (κ2) is 5.31. The van der Waals surface area contributed by atoms with Crippen LogP contribution in [0.1, 0.15) is 33.4 Å². The number of anilines is 2.